The third-order valence-electron chi connectivity index (χ3n) is 5.38. The molecule has 17 heavy (non-hydrogen) atoms. The molecule has 2 N–H and O–H groups in total. The molecule has 0 bridgehead atoms. The Kier molecular flexibility index (Phi) is 2.95. The fraction of sp³-hybridized carbons (Fsp3) is 0.867. The van der Waals surface area contributed by atoms with Gasteiger partial charge in [-0.25, -0.2) is 0 Å². The van der Waals surface area contributed by atoms with Gasteiger partial charge >= 0.3 is 0 Å². The van der Waals surface area contributed by atoms with E-state index in [4.69, 9.17) is 0 Å². The van der Waals surface area contributed by atoms with E-state index in [0.29, 0.717) is 6.42 Å². The van der Waals surface area contributed by atoms with Gasteiger partial charge in [-0.2, -0.15) is 0 Å². The minimum absolute atomic E-state index is 0.0237. The molecule has 0 aromatic heterocycles. The molecule has 3 atom stereocenters. The largest absolute Gasteiger partial charge is 0.390 e. The van der Waals surface area contributed by atoms with Crippen LogP contribution in [0, 0.1) is 11.3 Å². The summed E-state index contributed by atoms with van der Waals surface area (Å²) in [6, 6.07) is 0. The van der Waals surface area contributed by atoms with Crippen LogP contribution < -0.4 is 0 Å². The molecule has 0 spiro atoms. The zero-order valence-corrected chi connectivity index (χ0v) is 11.4. The van der Waals surface area contributed by atoms with Crippen LogP contribution in [0.3, 0.4) is 0 Å². The minimum atomic E-state index is -0.756. The predicted octanol–water partition coefficient (Wildman–Crippen LogP) is 3.03. The summed E-state index contributed by atoms with van der Waals surface area (Å²) in [7, 11) is 0. The highest BCUT2D eigenvalue weighted by Gasteiger charge is 2.55. The van der Waals surface area contributed by atoms with E-state index in [9.17, 15) is 10.2 Å². The molecule has 2 rings (SSSR count). The highest BCUT2D eigenvalue weighted by molar-refractivity contribution is 5.24. The van der Waals surface area contributed by atoms with Crippen LogP contribution >= 0.6 is 0 Å². The molecule has 98 valence electrons. The fourth-order valence-electron chi connectivity index (χ4n) is 3.81. The van der Waals surface area contributed by atoms with Crippen molar-refractivity contribution in [2.75, 3.05) is 0 Å². The lowest BCUT2D eigenvalue weighted by molar-refractivity contribution is -0.140. The first kappa shape index (κ1) is 13.1. The molecule has 0 saturated heterocycles. The summed E-state index contributed by atoms with van der Waals surface area (Å²) in [5.74, 6) is 0.176. The molecule has 0 aromatic carbocycles. The highest BCUT2D eigenvalue weighted by Crippen LogP contribution is 2.57. The van der Waals surface area contributed by atoms with Crippen LogP contribution in [0.5, 0.6) is 0 Å². The van der Waals surface area contributed by atoms with Gasteiger partial charge in [-0.05, 0) is 63.9 Å². The molecule has 2 aliphatic rings. The molecule has 0 aliphatic heterocycles. The summed E-state index contributed by atoms with van der Waals surface area (Å²) in [5, 5.41) is 21.2. The molecular weight excluding hydrogens is 212 g/mol. The molecule has 0 heterocycles. The second kappa shape index (κ2) is 3.83. The van der Waals surface area contributed by atoms with Crippen molar-refractivity contribution >= 4 is 0 Å². The Balaban J connectivity index is 2.28. The van der Waals surface area contributed by atoms with Crippen molar-refractivity contribution in [2.24, 2.45) is 11.3 Å². The number of rotatable bonds is 1. The van der Waals surface area contributed by atoms with Gasteiger partial charge in [-0.15, -0.1) is 0 Å². The fourth-order valence-corrected chi connectivity index (χ4v) is 3.81. The third kappa shape index (κ3) is 1.96. The van der Waals surface area contributed by atoms with Crippen molar-refractivity contribution in [3.63, 3.8) is 0 Å². The van der Waals surface area contributed by atoms with Crippen molar-refractivity contribution < 1.29 is 10.2 Å². The Morgan fingerprint density at radius 2 is 2.00 bits per heavy atom. The molecule has 0 unspecified atom stereocenters. The Labute approximate surface area is 105 Å². The Hall–Kier alpha value is -0.340. The summed E-state index contributed by atoms with van der Waals surface area (Å²) in [6.45, 7) is 10.0. The first-order valence-corrected chi connectivity index (χ1v) is 6.82. The molecule has 0 amide bonds. The molecule has 2 aliphatic carbocycles. The Morgan fingerprint density at radius 1 is 1.35 bits per heavy atom. The van der Waals surface area contributed by atoms with E-state index < -0.39 is 11.2 Å². The lowest BCUT2D eigenvalue weighted by Crippen LogP contribution is -2.56. The average molecular weight is 238 g/mol. The van der Waals surface area contributed by atoms with E-state index in [1.165, 1.54) is 0 Å². The van der Waals surface area contributed by atoms with Gasteiger partial charge in [0.2, 0.25) is 0 Å². The molecule has 0 radical (unpaired) electrons. The van der Waals surface area contributed by atoms with Crippen molar-refractivity contribution in [2.45, 2.75) is 70.5 Å². The lowest BCUT2D eigenvalue weighted by Gasteiger charge is -2.56. The first-order valence-electron chi connectivity index (χ1n) is 6.82. The molecule has 2 heteroatoms. The van der Waals surface area contributed by atoms with Gasteiger partial charge in [0.1, 0.15) is 0 Å². The summed E-state index contributed by atoms with van der Waals surface area (Å²) in [5.41, 5.74) is -0.493. The summed E-state index contributed by atoms with van der Waals surface area (Å²) < 4.78 is 0. The maximum atomic E-state index is 11.0. The van der Waals surface area contributed by atoms with Crippen LogP contribution in [0.2, 0.25) is 0 Å². The lowest BCUT2D eigenvalue weighted by atomic mass is 9.52. The normalized spacial score (nSPS) is 43.4. The van der Waals surface area contributed by atoms with Gasteiger partial charge in [0.15, 0.2) is 0 Å². The maximum absolute atomic E-state index is 11.0. The van der Waals surface area contributed by atoms with Gasteiger partial charge in [0, 0.05) is 5.41 Å². The quantitative estimate of drug-likeness (QED) is 0.689. The smallest absolute Gasteiger partial charge is 0.0911 e. The van der Waals surface area contributed by atoms with Crippen molar-refractivity contribution in [1.82, 2.24) is 0 Å². The van der Waals surface area contributed by atoms with E-state index in [1.807, 2.05) is 13.8 Å². The third-order valence-corrected chi connectivity index (χ3v) is 5.38. The van der Waals surface area contributed by atoms with Gasteiger partial charge in [0.05, 0.1) is 11.2 Å². The van der Waals surface area contributed by atoms with Crippen molar-refractivity contribution in [1.29, 1.82) is 0 Å². The predicted molar refractivity (Wildman–Crippen MR) is 69.7 cm³/mol. The topological polar surface area (TPSA) is 40.5 Å². The average Bonchev–Trinajstić information content (AvgIpc) is 2.19. The van der Waals surface area contributed by atoms with Crippen LogP contribution in [0.4, 0.5) is 0 Å². The van der Waals surface area contributed by atoms with Crippen LogP contribution in [-0.4, -0.2) is 21.4 Å². The van der Waals surface area contributed by atoms with Crippen LogP contribution in [-0.2, 0) is 0 Å². The van der Waals surface area contributed by atoms with E-state index in [0.717, 1.165) is 37.7 Å². The molecule has 2 fully saturated rings. The van der Waals surface area contributed by atoms with Gasteiger partial charge in [-0.3, -0.25) is 0 Å². The Morgan fingerprint density at radius 3 is 2.59 bits per heavy atom. The molecule has 2 saturated carbocycles. The second-order valence-electron chi connectivity index (χ2n) is 6.97. The summed E-state index contributed by atoms with van der Waals surface area (Å²) in [6.07, 6.45) is 5.84. The number of hydrogen-bond donors (Lipinski definition) is 2. The monoisotopic (exact) mass is 238 g/mol. The number of aliphatic hydroxyl groups is 2. The highest BCUT2D eigenvalue weighted by atomic mass is 16.3. The van der Waals surface area contributed by atoms with Crippen molar-refractivity contribution in [3.05, 3.63) is 12.2 Å². The second-order valence-corrected chi connectivity index (χ2v) is 6.97. The Bertz CT molecular complexity index is 328. The maximum Gasteiger partial charge on any atom is 0.0911 e. The van der Waals surface area contributed by atoms with E-state index in [1.54, 1.807) is 0 Å². The van der Waals surface area contributed by atoms with Crippen LogP contribution in [0.1, 0.15) is 59.3 Å². The van der Waals surface area contributed by atoms with E-state index in [2.05, 4.69) is 13.5 Å². The first-order chi connectivity index (χ1) is 7.69. The molecule has 0 aromatic rings. The minimum Gasteiger partial charge on any atom is -0.390 e. The van der Waals surface area contributed by atoms with Gasteiger partial charge < -0.3 is 10.2 Å². The SMILES string of the molecule is C=C1CCC[C@@]2(C)CC[C@@H](C(C)(C)O)C[C@]12O. The zero-order valence-electron chi connectivity index (χ0n) is 11.4. The van der Waals surface area contributed by atoms with Gasteiger partial charge in [-0.1, -0.05) is 13.5 Å². The van der Waals surface area contributed by atoms with Crippen LogP contribution in [0.25, 0.3) is 0 Å². The molecular formula is C15H26O2. The van der Waals surface area contributed by atoms with E-state index >= 15 is 0 Å². The zero-order chi connectivity index (χ0) is 12.9. The van der Waals surface area contributed by atoms with Crippen LogP contribution in [0.15, 0.2) is 12.2 Å². The van der Waals surface area contributed by atoms with Crippen molar-refractivity contribution in [3.8, 4) is 0 Å². The van der Waals surface area contributed by atoms with E-state index in [-0.39, 0.29) is 11.3 Å². The summed E-state index contributed by atoms with van der Waals surface area (Å²) >= 11 is 0. The molecule has 2 nitrogen and oxygen atoms in total. The van der Waals surface area contributed by atoms with Gasteiger partial charge in [0.25, 0.3) is 0 Å². The summed E-state index contributed by atoms with van der Waals surface area (Å²) in [4.78, 5) is 0. The number of fused-ring (bicyclic) bond motifs is 1. The number of hydrogen-bond acceptors (Lipinski definition) is 2. The standard InChI is InChI=1S/C15H26O2/c1-11-6-5-8-14(4)9-7-12(13(2,3)16)10-15(11,14)17/h12,16-17H,1,5-10H2,2-4H3/t12-,14+,15+/m1/s1.